The first kappa shape index (κ1) is 9.93. The van der Waals surface area contributed by atoms with Crippen molar-refractivity contribution >= 4 is 11.5 Å². The van der Waals surface area contributed by atoms with Crippen LogP contribution in [0.1, 0.15) is 22.6 Å². The maximum Gasteiger partial charge on any atom is 0.0789 e. The lowest BCUT2D eigenvalue weighted by atomic mass is 9.79. The summed E-state index contributed by atoms with van der Waals surface area (Å²) in [4.78, 5) is 1.25. The molecule has 0 amide bonds. The first-order valence-corrected chi connectivity index (χ1v) is 6.20. The predicted molar refractivity (Wildman–Crippen MR) is 64.2 cm³/mol. The fourth-order valence-corrected chi connectivity index (χ4v) is 3.09. The fourth-order valence-electron chi connectivity index (χ4n) is 2.28. The van der Waals surface area contributed by atoms with E-state index >= 15 is 0 Å². The zero-order valence-corrected chi connectivity index (χ0v) is 9.70. The summed E-state index contributed by atoms with van der Waals surface area (Å²) in [5.41, 5.74) is 8.63. The average Bonchev–Trinajstić information content (AvgIpc) is 2.77. The topological polar surface area (TPSA) is 51.8 Å². The molecule has 0 spiro atoms. The van der Waals surface area contributed by atoms with Gasteiger partial charge in [-0.25, -0.2) is 0 Å². The number of nitrogens with zero attached hydrogens (tertiary/aromatic N) is 2. The number of aromatic nitrogens is 2. The molecule has 1 unspecified atom stereocenters. The first-order valence-electron chi connectivity index (χ1n) is 5.42. The van der Waals surface area contributed by atoms with E-state index in [-0.39, 0.29) is 5.54 Å². The van der Waals surface area contributed by atoms with E-state index in [1.807, 2.05) is 18.2 Å². The van der Waals surface area contributed by atoms with Gasteiger partial charge in [-0.1, -0.05) is 34.8 Å². The lowest BCUT2D eigenvalue weighted by Crippen LogP contribution is -2.41. The van der Waals surface area contributed by atoms with Crippen LogP contribution in [0, 0.1) is 0 Å². The molecule has 1 aliphatic carbocycles. The maximum absolute atomic E-state index is 6.51. The van der Waals surface area contributed by atoms with Crippen LogP contribution in [0.2, 0.25) is 0 Å². The van der Waals surface area contributed by atoms with Crippen molar-refractivity contribution in [2.24, 2.45) is 5.73 Å². The van der Waals surface area contributed by atoms with E-state index in [0.29, 0.717) is 0 Å². The molecule has 0 radical (unpaired) electrons. The molecule has 82 valence electrons. The highest BCUT2D eigenvalue weighted by molar-refractivity contribution is 7.05. The Bertz CT molecular complexity index is 494. The number of nitrogens with two attached hydrogens (primary N) is 1. The Morgan fingerprint density at radius 3 is 2.88 bits per heavy atom. The van der Waals surface area contributed by atoms with Crippen molar-refractivity contribution in [2.75, 3.05) is 0 Å². The van der Waals surface area contributed by atoms with Gasteiger partial charge < -0.3 is 5.73 Å². The Balaban J connectivity index is 1.98. The summed E-state index contributed by atoms with van der Waals surface area (Å²) < 4.78 is 4.00. The molecule has 0 aliphatic heterocycles. The van der Waals surface area contributed by atoms with Gasteiger partial charge in [0.15, 0.2) is 0 Å². The van der Waals surface area contributed by atoms with Gasteiger partial charge in [-0.05, 0) is 29.9 Å². The highest BCUT2D eigenvalue weighted by atomic mass is 32.1. The Kier molecular flexibility index (Phi) is 2.26. The molecule has 0 saturated carbocycles. The van der Waals surface area contributed by atoms with Gasteiger partial charge >= 0.3 is 0 Å². The number of hydrogen-bond donors (Lipinski definition) is 1. The molecule has 1 aromatic carbocycles. The largest absolute Gasteiger partial charge is 0.321 e. The molecule has 2 aromatic rings. The Labute approximate surface area is 98.5 Å². The minimum atomic E-state index is -0.234. The minimum Gasteiger partial charge on any atom is -0.321 e. The average molecular weight is 231 g/mol. The van der Waals surface area contributed by atoms with Crippen LogP contribution in [0.5, 0.6) is 0 Å². The quantitative estimate of drug-likeness (QED) is 0.815. The maximum atomic E-state index is 6.51. The van der Waals surface area contributed by atoms with Gasteiger partial charge in [0.05, 0.1) is 10.6 Å². The van der Waals surface area contributed by atoms with Crippen molar-refractivity contribution in [3.8, 4) is 0 Å². The number of fused-ring (bicyclic) bond motifs is 1. The summed E-state index contributed by atoms with van der Waals surface area (Å²) in [6.07, 6.45) is 2.76. The second-order valence-electron chi connectivity index (χ2n) is 4.34. The third kappa shape index (κ3) is 1.54. The van der Waals surface area contributed by atoms with Gasteiger partial charge in [-0.2, -0.15) is 0 Å². The zero-order chi connectivity index (χ0) is 11.0. The van der Waals surface area contributed by atoms with E-state index in [1.54, 1.807) is 0 Å². The van der Waals surface area contributed by atoms with Crippen molar-refractivity contribution < 1.29 is 0 Å². The van der Waals surface area contributed by atoms with Gasteiger partial charge in [-0.15, -0.1) is 5.10 Å². The normalized spacial score (nSPS) is 24.1. The van der Waals surface area contributed by atoms with E-state index in [0.717, 1.165) is 25.0 Å². The highest BCUT2D eigenvalue weighted by Gasteiger charge is 2.33. The van der Waals surface area contributed by atoms with Gasteiger partial charge in [0.2, 0.25) is 0 Å². The van der Waals surface area contributed by atoms with Gasteiger partial charge in [0.25, 0.3) is 0 Å². The SMILES string of the molecule is NC1(c2ccccc2)CCc2nnsc2C1. The molecule has 0 saturated heterocycles. The summed E-state index contributed by atoms with van der Waals surface area (Å²) in [5.74, 6) is 0. The van der Waals surface area contributed by atoms with Crippen molar-refractivity contribution in [1.29, 1.82) is 0 Å². The smallest absolute Gasteiger partial charge is 0.0789 e. The van der Waals surface area contributed by atoms with E-state index in [4.69, 9.17) is 5.73 Å². The number of aryl methyl sites for hydroxylation is 1. The summed E-state index contributed by atoms with van der Waals surface area (Å²) >= 11 is 1.48. The van der Waals surface area contributed by atoms with Crippen molar-refractivity contribution in [2.45, 2.75) is 24.8 Å². The molecule has 3 nitrogen and oxygen atoms in total. The van der Waals surface area contributed by atoms with E-state index in [1.165, 1.54) is 22.0 Å². The molecular formula is C12H13N3S. The second-order valence-corrected chi connectivity index (χ2v) is 5.18. The summed E-state index contributed by atoms with van der Waals surface area (Å²) in [5, 5.41) is 4.13. The lowest BCUT2D eigenvalue weighted by Gasteiger charge is -2.32. The van der Waals surface area contributed by atoms with Crippen LogP contribution in [0.25, 0.3) is 0 Å². The van der Waals surface area contributed by atoms with E-state index < -0.39 is 0 Å². The molecule has 0 bridgehead atoms. The molecule has 3 rings (SSSR count). The van der Waals surface area contributed by atoms with Crippen LogP contribution in [-0.2, 0) is 18.4 Å². The summed E-state index contributed by atoms with van der Waals surface area (Å²) in [7, 11) is 0. The van der Waals surface area contributed by atoms with Crippen LogP contribution in [-0.4, -0.2) is 9.59 Å². The Morgan fingerprint density at radius 1 is 1.25 bits per heavy atom. The number of benzene rings is 1. The monoisotopic (exact) mass is 231 g/mol. The number of hydrogen-bond acceptors (Lipinski definition) is 4. The lowest BCUT2D eigenvalue weighted by molar-refractivity contribution is 0.386. The number of rotatable bonds is 1. The van der Waals surface area contributed by atoms with Crippen molar-refractivity contribution in [1.82, 2.24) is 9.59 Å². The van der Waals surface area contributed by atoms with Crippen molar-refractivity contribution in [3.05, 3.63) is 46.5 Å². The molecule has 1 atom stereocenters. The third-order valence-corrected chi connectivity index (χ3v) is 4.03. The van der Waals surface area contributed by atoms with E-state index in [9.17, 15) is 0 Å². The standard InChI is InChI=1S/C12H13N3S/c13-12(9-4-2-1-3-5-9)7-6-10-11(8-12)16-15-14-10/h1-5H,6-8,13H2. The van der Waals surface area contributed by atoms with Crippen LogP contribution in [0.3, 0.4) is 0 Å². The molecule has 1 heterocycles. The molecule has 0 fully saturated rings. The summed E-state index contributed by atoms with van der Waals surface area (Å²) in [6, 6.07) is 10.3. The van der Waals surface area contributed by atoms with Crippen LogP contribution in [0.4, 0.5) is 0 Å². The fraction of sp³-hybridized carbons (Fsp3) is 0.333. The molecular weight excluding hydrogens is 218 g/mol. The second kappa shape index (κ2) is 3.64. The highest BCUT2D eigenvalue weighted by Crippen LogP contribution is 2.34. The Morgan fingerprint density at radius 2 is 2.06 bits per heavy atom. The van der Waals surface area contributed by atoms with Gasteiger partial charge in [-0.3, -0.25) is 0 Å². The van der Waals surface area contributed by atoms with Crippen LogP contribution < -0.4 is 5.73 Å². The van der Waals surface area contributed by atoms with Crippen molar-refractivity contribution in [3.63, 3.8) is 0 Å². The van der Waals surface area contributed by atoms with Gasteiger partial charge in [0.1, 0.15) is 0 Å². The van der Waals surface area contributed by atoms with Gasteiger partial charge in [0, 0.05) is 12.0 Å². The Hall–Kier alpha value is -1.26. The zero-order valence-electron chi connectivity index (χ0n) is 8.89. The molecule has 1 aliphatic rings. The van der Waals surface area contributed by atoms with E-state index in [2.05, 4.69) is 21.7 Å². The van der Waals surface area contributed by atoms with Crippen LogP contribution in [0.15, 0.2) is 30.3 Å². The molecule has 16 heavy (non-hydrogen) atoms. The predicted octanol–water partition coefficient (Wildman–Crippen LogP) is 1.88. The minimum absolute atomic E-state index is 0.234. The molecule has 4 heteroatoms. The molecule has 2 N–H and O–H groups in total. The van der Waals surface area contributed by atoms with Crippen LogP contribution >= 0.6 is 11.5 Å². The first-order chi connectivity index (χ1) is 7.78. The molecule has 1 aromatic heterocycles. The third-order valence-electron chi connectivity index (χ3n) is 3.27. The summed E-state index contributed by atoms with van der Waals surface area (Å²) in [6.45, 7) is 0.